The zero-order chi connectivity index (χ0) is 17.4. The van der Waals surface area contributed by atoms with Gasteiger partial charge in [-0.3, -0.25) is 0 Å². The fourth-order valence-corrected chi connectivity index (χ4v) is 2.37. The Bertz CT molecular complexity index is 659. The lowest BCUT2D eigenvalue weighted by Gasteiger charge is -2.19. The van der Waals surface area contributed by atoms with Crippen LogP contribution in [0.4, 0.5) is 0 Å². The van der Waals surface area contributed by atoms with Crippen molar-refractivity contribution in [2.45, 2.75) is 33.0 Å². The van der Waals surface area contributed by atoms with Crippen LogP contribution in [0, 0.1) is 6.92 Å². The van der Waals surface area contributed by atoms with Crippen LogP contribution in [0.1, 0.15) is 36.1 Å². The van der Waals surface area contributed by atoms with Crippen molar-refractivity contribution in [2.75, 3.05) is 6.61 Å². The molecule has 0 aromatic heterocycles. The molecule has 0 radical (unpaired) electrons. The molecule has 0 N–H and O–H groups in total. The number of hydrogen-bond acceptors (Lipinski definition) is 3. The molecule has 2 aromatic carbocycles. The summed E-state index contributed by atoms with van der Waals surface area (Å²) in [5, 5.41) is 0. The summed E-state index contributed by atoms with van der Waals surface area (Å²) in [6, 6.07) is 18.1. The third-order valence-electron chi connectivity index (χ3n) is 3.74. The van der Waals surface area contributed by atoms with E-state index >= 15 is 0 Å². The average Bonchev–Trinajstić information content (AvgIpc) is 2.60. The Morgan fingerprint density at radius 2 is 1.75 bits per heavy atom. The molecule has 2 rings (SSSR count). The summed E-state index contributed by atoms with van der Waals surface area (Å²) in [4.78, 5) is 11.9. The minimum absolute atomic E-state index is 0.234. The molecule has 0 spiro atoms. The Labute approximate surface area is 143 Å². The number of aryl methyl sites for hydroxylation is 1. The van der Waals surface area contributed by atoms with Crippen molar-refractivity contribution in [3.8, 4) is 0 Å². The van der Waals surface area contributed by atoms with Crippen molar-refractivity contribution < 1.29 is 14.3 Å². The Morgan fingerprint density at radius 1 is 1.08 bits per heavy atom. The molecule has 24 heavy (non-hydrogen) atoms. The predicted octanol–water partition coefficient (Wildman–Crippen LogP) is 4.76. The highest BCUT2D eigenvalue weighted by Gasteiger charge is 2.18. The first kappa shape index (κ1) is 18.0. The first-order valence-corrected chi connectivity index (χ1v) is 8.17. The van der Waals surface area contributed by atoms with E-state index in [9.17, 15) is 4.79 Å². The van der Waals surface area contributed by atoms with Gasteiger partial charge in [0.05, 0.1) is 19.3 Å². The minimum Gasteiger partial charge on any atom is -0.463 e. The Kier molecular flexibility index (Phi) is 6.76. The summed E-state index contributed by atoms with van der Waals surface area (Å²) in [5.74, 6) is -0.363. The normalized spacial score (nSPS) is 11.8. The van der Waals surface area contributed by atoms with E-state index in [0.717, 1.165) is 11.1 Å². The average molecular weight is 324 g/mol. The Hall–Kier alpha value is -2.39. The van der Waals surface area contributed by atoms with Crippen LogP contribution in [0.15, 0.2) is 66.7 Å². The van der Waals surface area contributed by atoms with Crippen molar-refractivity contribution in [1.82, 2.24) is 0 Å². The largest absolute Gasteiger partial charge is 0.463 e. The molecule has 0 amide bonds. The molecule has 0 heterocycles. The van der Waals surface area contributed by atoms with Gasteiger partial charge < -0.3 is 9.47 Å². The molecule has 2 aromatic rings. The van der Waals surface area contributed by atoms with Gasteiger partial charge in [0.1, 0.15) is 0 Å². The fourth-order valence-electron chi connectivity index (χ4n) is 2.37. The van der Waals surface area contributed by atoms with Gasteiger partial charge in [0, 0.05) is 12.0 Å². The van der Waals surface area contributed by atoms with Gasteiger partial charge in [-0.2, -0.15) is 0 Å². The third-order valence-corrected chi connectivity index (χ3v) is 3.74. The quantitative estimate of drug-likeness (QED) is 0.518. The lowest BCUT2D eigenvalue weighted by atomic mass is 10.0. The standard InChI is InChI=1S/C21H24O3/c1-4-23-21(22)17(3)14-20(19-12-10-16(2)11-13-19)24-15-18-8-6-5-7-9-18/h5-13,20H,3-4,14-15H2,1-2H3. The number of rotatable bonds is 8. The maximum atomic E-state index is 11.9. The van der Waals surface area contributed by atoms with Crippen LogP contribution in [-0.4, -0.2) is 12.6 Å². The highest BCUT2D eigenvalue weighted by molar-refractivity contribution is 5.87. The second kappa shape index (κ2) is 9.04. The van der Waals surface area contributed by atoms with Crippen molar-refractivity contribution in [1.29, 1.82) is 0 Å². The van der Waals surface area contributed by atoms with Gasteiger partial charge >= 0.3 is 5.97 Å². The molecular weight excluding hydrogens is 300 g/mol. The highest BCUT2D eigenvalue weighted by Crippen LogP contribution is 2.26. The Morgan fingerprint density at radius 3 is 2.38 bits per heavy atom. The number of hydrogen-bond donors (Lipinski definition) is 0. The molecule has 0 saturated carbocycles. The second-order valence-corrected chi connectivity index (χ2v) is 5.72. The Balaban J connectivity index is 2.10. The lowest BCUT2D eigenvalue weighted by molar-refractivity contribution is -0.139. The molecule has 1 atom stereocenters. The van der Waals surface area contributed by atoms with E-state index < -0.39 is 0 Å². The molecule has 0 aliphatic heterocycles. The van der Waals surface area contributed by atoms with E-state index in [1.807, 2.05) is 61.5 Å². The first-order chi connectivity index (χ1) is 11.6. The fraction of sp³-hybridized carbons (Fsp3) is 0.286. The van der Waals surface area contributed by atoms with Gasteiger partial charge in [0.15, 0.2) is 0 Å². The van der Waals surface area contributed by atoms with E-state index in [4.69, 9.17) is 9.47 Å². The zero-order valence-corrected chi connectivity index (χ0v) is 14.3. The topological polar surface area (TPSA) is 35.5 Å². The van der Waals surface area contributed by atoms with Crippen LogP contribution >= 0.6 is 0 Å². The molecule has 1 unspecified atom stereocenters. The molecule has 126 valence electrons. The van der Waals surface area contributed by atoms with Gasteiger partial charge in [-0.1, -0.05) is 66.7 Å². The molecular formula is C21H24O3. The van der Waals surface area contributed by atoms with E-state index in [0.29, 0.717) is 25.2 Å². The maximum absolute atomic E-state index is 11.9. The number of carbonyl (C=O) groups is 1. The van der Waals surface area contributed by atoms with Crippen LogP contribution < -0.4 is 0 Å². The minimum atomic E-state index is -0.363. The second-order valence-electron chi connectivity index (χ2n) is 5.72. The summed E-state index contributed by atoms with van der Waals surface area (Å²) < 4.78 is 11.1. The number of esters is 1. The lowest BCUT2D eigenvalue weighted by Crippen LogP contribution is -2.12. The van der Waals surface area contributed by atoms with Crippen molar-refractivity contribution >= 4 is 5.97 Å². The monoisotopic (exact) mass is 324 g/mol. The molecule has 0 bridgehead atoms. The van der Waals surface area contributed by atoms with Crippen molar-refractivity contribution in [3.05, 3.63) is 83.4 Å². The molecule has 3 nitrogen and oxygen atoms in total. The summed E-state index contributed by atoms with van der Waals surface area (Å²) in [6.45, 7) is 8.51. The summed E-state index contributed by atoms with van der Waals surface area (Å²) in [7, 11) is 0. The van der Waals surface area contributed by atoms with E-state index in [1.165, 1.54) is 5.56 Å². The maximum Gasteiger partial charge on any atom is 0.333 e. The van der Waals surface area contributed by atoms with Crippen LogP contribution in [0.25, 0.3) is 0 Å². The molecule has 0 saturated heterocycles. The molecule has 0 fully saturated rings. The number of ether oxygens (including phenoxy) is 2. The van der Waals surface area contributed by atoms with Gasteiger partial charge in [-0.05, 0) is 25.0 Å². The third kappa shape index (κ3) is 5.36. The van der Waals surface area contributed by atoms with Gasteiger partial charge in [-0.15, -0.1) is 0 Å². The molecule has 3 heteroatoms. The zero-order valence-electron chi connectivity index (χ0n) is 14.3. The highest BCUT2D eigenvalue weighted by atomic mass is 16.5. The van der Waals surface area contributed by atoms with Gasteiger partial charge in [0.2, 0.25) is 0 Å². The summed E-state index contributed by atoms with van der Waals surface area (Å²) in [5.41, 5.74) is 3.73. The van der Waals surface area contributed by atoms with E-state index in [-0.39, 0.29) is 12.1 Å². The van der Waals surface area contributed by atoms with Gasteiger partial charge in [-0.25, -0.2) is 4.79 Å². The van der Waals surface area contributed by atoms with Crippen LogP contribution in [0.2, 0.25) is 0 Å². The van der Waals surface area contributed by atoms with Gasteiger partial charge in [0.25, 0.3) is 0 Å². The first-order valence-electron chi connectivity index (χ1n) is 8.17. The van der Waals surface area contributed by atoms with Crippen LogP contribution in [0.5, 0.6) is 0 Å². The molecule has 0 aliphatic rings. The summed E-state index contributed by atoms with van der Waals surface area (Å²) in [6.07, 6.45) is 0.178. The SMILES string of the molecule is C=C(CC(OCc1ccccc1)c1ccc(C)cc1)C(=O)OCC. The number of carbonyl (C=O) groups excluding carboxylic acids is 1. The van der Waals surface area contributed by atoms with Crippen molar-refractivity contribution in [2.24, 2.45) is 0 Å². The van der Waals surface area contributed by atoms with Crippen LogP contribution in [-0.2, 0) is 20.9 Å². The van der Waals surface area contributed by atoms with E-state index in [2.05, 4.69) is 6.58 Å². The van der Waals surface area contributed by atoms with Crippen molar-refractivity contribution in [3.63, 3.8) is 0 Å². The summed E-state index contributed by atoms with van der Waals surface area (Å²) >= 11 is 0. The number of benzene rings is 2. The molecule has 0 aliphatic carbocycles. The van der Waals surface area contributed by atoms with E-state index in [1.54, 1.807) is 6.92 Å². The smallest absolute Gasteiger partial charge is 0.333 e. The van der Waals surface area contributed by atoms with Crippen LogP contribution in [0.3, 0.4) is 0 Å². The predicted molar refractivity (Wildman–Crippen MR) is 95.5 cm³/mol.